The molecular weight excluding hydrogens is 484 g/mol. The van der Waals surface area contributed by atoms with E-state index in [1.54, 1.807) is 0 Å². The van der Waals surface area contributed by atoms with Crippen molar-refractivity contribution in [1.82, 2.24) is 0 Å². The molecule has 3 aromatic rings. The molecule has 0 N–H and O–H groups in total. The molecule has 7 nitrogen and oxygen atoms in total. The number of aldehydes is 1. The van der Waals surface area contributed by atoms with Crippen molar-refractivity contribution < 1.29 is 33.3 Å². The number of carbonyl (C=O) groups excluding carboxylic acids is 2. The van der Waals surface area contributed by atoms with E-state index < -0.39 is 36.5 Å². The number of carbonyl (C=O) groups is 2. The largest absolute Gasteiger partial charge is 0.463 e. The fraction of sp³-hybridized carbons (Fsp3) is 0.355. The lowest BCUT2D eigenvalue weighted by atomic mass is 9.92. The Morgan fingerprint density at radius 2 is 1.11 bits per heavy atom. The first-order valence-corrected chi connectivity index (χ1v) is 12.8. The lowest BCUT2D eigenvalue weighted by molar-refractivity contribution is -0.270. The average Bonchev–Trinajstić information content (AvgIpc) is 2.95. The Morgan fingerprint density at radius 1 is 0.684 bits per heavy atom. The Labute approximate surface area is 223 Å². The summed E-state index contributed by atoms with van der Waals surface area (Å²) in [6, 6.07) is 29.4. The third kappa shape index (κ3) is 8.07. The van der Waals surface area contributed by atoms with Gasteiger partial charge in [0.15, 0.2) is 0 Å². The summed E-state index contributed by atoms with van der Waals surface area (Å²) in [6.45, 7) is 2.26. The van der Waals surface area contributed by atoms with Crippen LogP contribution in [0.15, 0.2) is 91.0 Å². The summed E-state index contributed by atoms with van der Waals surface area (Å²) in [7, 11) is 0. The van der Waals surface area contributed by atoms with Crippen molar-refractivity contribution in [1.29, 1.82) is 0 Å². The Balaban J connectivity index is 1.62. The third-order valence-corrected chi connectivity index (χ3v) is 6.37. The highest BCUT2D eigenvalue weighted by Crippen LogP contribution is 2.32. The minimum absolute atomic E-state index is 0.0270. The summed E-state index contributed by atoms with van der Waals surface area (Å²) < 4.78 is 31.0. The second-order valence-corrected chi connectivity index (χ2v) is 9.20. The van der Waals surface area contributed by atoms with Crippen molar-refractivity contribution in [2.24, 2.45) is 0 Å². The van der Waals surface area contributed by atoms with Crippen molar-refractivity contribution in [3.8, 4) is 0 Å². The van der Waals surface area contributed by atoms with Crippen molar-refractivity contribution >= 4 is 12.3 Å². The van der Waals surface area contributed by atoms with Crippen LogP contribution in [-0.4, -0.2) is 49.4 Å². The van der Waals surface area contributed by atoms with Crippen molar-refractivity contribution in [3.63, 3.8) is 0 Å². The molecule has 0 aromatic heterocycles. The fourth-order valence-electron chi connectivity index (χ4n) is 4.50. The van der Waals surface area contributed by atoms with Gasteiger partial charge in [0.2, 0.25) is 0 Å². The van der Waals surface area contributed by atoms with E-state index in [4.69, 9.17) is 23.7 Å². The van der Waals surface area contributed by atoms with Crippen LogP contribution in [0, 0.1) is 0 Å². The maximum atomic E-state index is 11.7. The molecule has 7 heteroatoms. The van der Waals surface area contributed by atoms with E-state index in [2.05, 4.69) is 0 Å². The second-order valence-electron chi connectivity index (χ2n) is 9.20. The van der Waals surface area contributed by atoms with E-state index in [0.717, 1.165) is 23.0 Å². The monoisotopic (exact) mass is 518 g/mol. The second kappa shape index (κ2) is 14.5. The Morgan fingerprint density at radius 3 is 1.53 bits per heavy atom. The first-order valence-electron chi connectivity index (χ1n) is 12.8. The quantitative estimate of drug-likeness (QED) is 0.240. The van der Waals surface area contributed by atoms with Gasteiger partial charge in [-0.05, 0) is 16.7 Å². The predicted octanol–water partition coefficient (Wildman–Crippen LogP) is 4.66. The lowest BCUT2D eigenvalue weighted by Gasteiger charge is -2.45. The summed E-state index contributed by atoms with van der Waals surface area (Å²) in [5.74, 6) is -0.424. The zero-order chi connectivity index (χ0) is 26.6. The van der Waals surface area contributed by atoms with Crippen LogP contribution >= 0.6 is 0 Å². The van der Waals surface area contributed by atoms with Crippen LogP contribution in [0.1, 0.15) is 30.0 Å². The fourth-order valence-corrected chi connectivity index (χ4v) is 4.50. The molecule has 1 fully saturated rings. The van der Waals surface area contributed by atoms with Crippen LogP contribution < -0.4 is 0 Å². The maximum absolute atomic E-state index is 11.7. The van der Waals surface area contributed by atoms with E-state index in [1.807, 2.05) is 91.0 Å². The van der Waals surface area contributed by atoms with Crippen molar-refractivity contribution in [3.05, 3.63) is 108 Å². The molecule has 0 unspecified atom stereocenters. The van der Waals surface area contributed by atoms with Gasteiger partial charge in [0.25, 0.3) is 0 Å². The van der Waals surface area contributed by atoms with E-state index in [9.17, 15) is 9.59 Å². The summed E-state index contributed by atoms with van der Waals surface area (Å²) in [4.78, 5) is 23.3. The van der Waals surface area contributed by atoms with Crippen LogP contribution in [0.25, 0.3) is 0 Å². The highest BCUT2D eigenvalue weighted by atomic mass is 16.6. The number of esters is 1. The van der Waals surface area contributed by atoms with Crippen molar-refractivity contribution in [2.75, 3.05) is 6.61 Å². The number of hydrogen-bond acceptors (Lipinski definition) is 7. The smallest absolute Gasteiger partial charge is 0.302 e. The standard InChI is InChI=1S/C31H34O7/c1-23(33)34-22-28-30(36-20-25-13-7-3-8-14-25)31(37-21-26-15-9-4-10-16-26)29(27(38-28)17-18-32)35-19-24-11-5-2-6-12-24/h2-16,18,27-31H,17,19-22H2,1H3/t27-,28-,29-,30-,31-/m1/s1. The molecule has 1 heterocycles. The first-order chi connectivity index (χ1) is 18.6. The van der Waals surface area contributed by atoms with Crippen LogP contribution in [0.5, 0.6) is 0 Å². The van der Waals surface area contributed by atoms with Gasteiger partial charge in [-0.25, -0.2) is 0 Å². The van der Waals surface area contributed by atoms with Gasteiger partial charge < -0.3 is 28.5 Å². The molecule has 0 bridgehead atoms. The van der Waals surface area contributed by atoms with Crippen LogP contribution in [0.2, 0.25) is 0 Å². The Hall–Kier alpha value is -3.36. The molecule has 0 saturated carbocycles. The molecule has 4 rings (SSSR count). The third-order valence-electron chi connectivity index (χ3n) is 6.37. The van der Waals surface area contributed by atoms with E-state index >= 15 is 0 Å². The molecule has 1 aliphatic rings. The van der Waals surface area contributed by atoms with Gasteiger partial charge in [0.05, 0.1) is 25.9 Å². The normalized spacial score (nSPS) is 23.0. The van der Waals surface area contributed by atoms with Crippen LogP contribution in [-0.2, 0) is 53.1 Å². The minimum atomic E-state index is -0.648. The number of benzene rings is 3. The van der Waals surface area contributed by atoms with Crippen LogP contribution in [0.4, 0.5) is 0 Å². The SMILES string of the molecule is CC(=O)OC[C@H]1O[C@H](CC=O)[C@@H](OCc2ccccc2)[C@@H](OCc2ccccc2)[C@@H]1OCc1ccccc1. The van der Waals surface area contributed by atoms with E-state index in [1.165, 1.54) is 6.92 Å². The van der Waals surface area contributed by atoms with Crippen molar-refractivity contribution in [2.45, 2.75) is 63.7 Å². The average molecular weight is 519 g/mol. The molecule has 0 radical (unpaired) electrons. The zero-order valence-electron chi connectivity index (χ0n) is 21.5. The minimum Gasteiger partial charge on any atom is -0.463 e. The van der Waals surface area contributed by atoms with Gasteiger partial charge in [-0.15, -0.1) is 0 Å². The van der Waals surface area contributed by atoms with Gasteiger partial charge in [-0.1, -0.05) is 91.0 Å². The highest BCUT2D eigenvalue weighted by Gasteiger charge is 2.48. The summed E-state index contributed by atoms with van der Waals surface area (Å²) in [5.41, 5.74) is 2.96. The molecule has 38 heavy (non-hydrogen) atoms. The van der Waals surface area contributed by atoms with Gasteiger partial charge >= 0.3 is 5.97 Å². The molecule has 5 atom stereocenters. The molecule has 1 aliphatic heterocycles. The molecule has 3 aromatic carbocycles. The maximum Gasteiger partial charge on any atom is 0.302 e. The molecule has 0 amide bonds. The molecule has 0 aliphatic carbocycles. The van der Waals surface area contributed by atoms with Crippen LogP contribution in [0.3, 0.4) is 0 Å². The van der Waals surface area contributed by atoms with E-state index in [0.29, 0.717) is 19.8 Å². The summed E-state index contributed by atoms with van der Waals surface area (Å²) >= 11 is 0. The van der Waals surface area contributed by atoms with Gasteiger partial charge in [-0.2, -0.15) is 0 Å². The first kappa shape index (κ1) is 27.7. The lowest BCUT2D eigenvalue weighted by Crippen LogP contribution is -2.61. The number of rotatable bonds is 13. The topological polar surface area (TPSA) is 80.3 Å². The van der Waals surface area contributed by atoms with Gasteiger partial charge in [0.1, 0.15) is 37.3 Å². The summed E-state index contributed by atoms with van der Waals surface area (Å²) in [5, 5.41) is 0. The Bertz CT molecular complexity index is 1110. The number of ether oxygens (including phenoxy) is 5. The highest BCUT2D eigenvalue weighted by molar-refractivity contribution is 5.65. The predicted molar refractivity (Wildman–Crippen MR) is 141 cm³/mol. The molecule has 0 spiro atoms. The Kier molecular flexibility index (Phi) is 10.6. The van der Waals surface area contributed by atoms with Gasteiger partial charge in [0, 0.05) is 13.3 Å². The summed E-state index contributed by atoms with van der Waals surface area (Å²) in [6.07, 6.45) is -2.15. The van der Waals surface area contributed by atoms with E-state index in [-0.39, 0.29) is 13.0 Å². The molecule has 1 saturated heterocycles. The zero-order valence-corrected chi connectivity index (χ0v) is 21.5. The number of hydrogen-bond donors (Lipinski definition) is 0. The molecular formula is C31H34O7. The molecule has 200 valence electrons. The van der Waals surface area contributed by atoms with Gasteiger partial charge in [-0.3, -0.25) is 4.79 Å².